The average molecular weight is 306 g/mol. The van der Waals surface area contributed by atoms with Gasteiger partial charge in [-0.15, -0.1) is 0 Å². The standard InChI is InChI=1S/C17H23FN2O2/c1-22-6-5-17(21)20-11-14-9-19(10-15(14)12-20)8-13-3-2-4-16(18)7-13/h2-4,7,14-15H,5-6,8-12H2,1H3/t14-,15-/m0/s1. The Kier molecular flexibility index (Phi) is 4.74. The van der Waals surface area contributed by atoms with Crippen molar-refractivity contribution in [1.29, 1.82) is 0 Å². The van der Waals surface area contributed by atoms with E-state index in [1.165, 1.54) is 6.07 Å². The number of likely N-dealkylation sites (tertiary alicyclic amines) is 2. The molecule has 0 spiro atoms. The lowest BCUT2D eigenvalue weighted by Crippen LogP contribution is -2.33. The van der Waals surface area contributed by atoms with Gasteiger partial charge in [0.1, 0.15) is 5.82 Å². The lowest BCUT2D eigenvalue weighted by molar-refractivity contribution is -0.131. The lowest BCUT2D eigenvalue weighted by Gasteiger charge is -2.21. The molecule has 1 aromatic rings. The number of carbonyl (C=O) groups is 1. The third kappa shape index (κ3) is 3.47. The van der Waals surface area contributed by atoms with Crippen LogP contribution in [0.2, 0.25) is 0 Å². The number of amides is 1. The van der Waals surface area contributed by atoms with Crippen LogP contribution in [-0.2, 0) is 16.1 Å². The summed E-state index contributed by atoms with van der Waals surface area (Å²) in [5, 5.41) is 0. The Balaban J connectivity index is 1.50. The Hall–Kier alpha value is -1.46. The molecule has 2 saturated heterocycles. The first-order valence-corrected chi connectivity index (χ1v) is 7.89. The molecule has 1 amide bonds. The number of hydrogen-bond donors (Lipinski definition) is 0. The van der Waals surface area contributed by atoms with Gasteiger partial charge in [0.05, 0.1) is 13.0 Å². The second-order valence-corrected chi connectivity index (χ2v) is 6.39. The number of halogens is 1. The molecule has 0 saturated carbocycles. The summed E-state index contributed by atoms with van der Waals surface area (Å²) in [6.45, 7) is 4.99. The minimum absolute atomic E-state index is 0.174. The van der Waals surface area contributed by atoms with Gasteiger partial charge < -0.3 is 9.64 Å². The van der Waals surface area contributed by atoms with Crippen molar-refractivity contribution in [2.75, 3.05) is 39.9 Å². The molecule has 22 heavy (non-hydrogen) atoms. The second kappa shape index (κ2) is 6.75. The first kappa shape index (κ1) is 15.4. The van der Waals surface area contributed by atoms with E-state index in [0.29, 0.717) is 24.9 Å². The van der Waals surface area contributed by atoms with E-state index < -0.39 is 0 Å². The van der Waals surface area contributed by atoms with Crippen molar-refractivity contribution in [1.82, 2.24) is 9.80 Å². The Labute approximate surface area is 130 Å². The Morgan fingerprint density at radius 3 is 2.64 bits per heavy atom. The van der Waals surface area contributed by atoms with E-state index in [2.05, 4.69) is 4.90 Å². The van der Waals surface area contributed by atoms with Crippen molar-refractivity contribution in [3.63, 3.8) is 0 Å². The topological polar surface area (TPSA) is 32.8 Å². The fraction of sp³-hybridized carbons (Fsp3) is 0.588. The minimum Gasteiger partial charge on any atom is -0.384 e. The maximum atomic E-state index is 13.2. The maximum absolute atomic E-state index is 13.2. The van der Waals surface area contributed by atoms with Crippen LogP contribution in [0.3, 0.4) is 0 Å². The van der Waals surface area contributed by atoms with E-state index in [1.54, 1.807) is 19.2 Å². The highest BCUT2D eigenvalue weighted by Crippen LogP contribution is 2.32. The molecule has 5 heteroatoms. The third-order valence-corrected chi connectivity index (χ3v) is 4.73. The van der Waals surface area contributed by atoms with Gasteiger partial charge in [-0.3, -0.25) is 9.69 Å². The fourth-order valence-corrected chi connectivity index (χ4v) is 3.66. The van der Waals surface area contributed by atoms with Gasteiger partial charge in [0, 0.05) is 39.8 Å². The Morgan fingerprint density at radius 2 is 2.00 bits per heavy atom. The van der Waals surface area contributed by atoms with E-state index in [4.69, 9.17) is 4.74 Å². The van der Waals surface area contributed by atoms with Crippen LogP contribution in [0.25, 0.3) is 0 Å². The number of fused-ring (bicyclic) bond motifs is 1. The van der Waals surface area contributed by atoms with Crippen LogP contribution >= 0.6 is 0 Å². The van der Waals surface area contributed by atoms with Gasteiger partial charge in [-0.1, -0.05) is 12.1 Å². The van der Waals surface area contributed by atoms with Crippen LogP contribution in [0, 0.1) is 17.7 Å². The molecule has 0 unspecified atom stereocenters. The highest BCUT2D eigenvalue weighted by molar-refractivity contribution is 5.76. The van der Waals surface area contributed by atoms with Crippen molar-refractivity contribution in [2.24, 2.45) is 11.8 Å². The lowest BCUT2D eigenvalue weighted by atomic mass is 10.0. The molecule has 0 N–H and O–H groups in total. The zero-order valence-electron chi connectivity index (χ0n) is 13.0. The Morgan fingerprint density at radius 1 is 1.27 bits per heavy atom. The van der Waals surface area contributed by atoms with E-state index in [1.807, 2.05) is 11.0 Å². The molecule has 2 aliphatic rings. The van der Waals surface area contributed by atoms with Gasteiger partial charge in [-0.05, 0) is 29.5 Å². The van der Waals surface area contributed by atoms with Crippen molar-refractivity contribution < 1.29 is 13.9 Å². The number of hydrogen-bond acceptors (Lipinski definition) is 3. The summed E-state index contributed by atoms with van der Waals surface area (Å²) in [5.74, 6) is 1.14. The molecule has 0 aromatic heterocycles. The highest BCUT2D eigenvalue weighted by atomic mass is 19.1. The molecule has 0 aliphatic carbocycles. The summed E-state index contributed by atoms with van der Waals surface area (Å²) in [5.41, 5.74) is 1.02. The molecule has 2 atom stereocenters. The fourth-order valence-electron chi connectivity index (χ4n) is 3.66. The summed E-state index contributed by atoms with van der Waals surface area (Å²) in [7, 11) is 1.62. The number of ether oxygens (including phenoxy) is 1. The molecule has 2 heterocycles. The minimum atomic E-state index is -0.174. The zero-order chi connectivity index (χ0) is 15.5. The quantitative estimate of drug-likeness (QED) is 0.831. The smallest absolute Gasteiger partial charge is 0.224 e. The van der Waals surface area contributed by atoms with Gasteiger partial charge in [0.15, 0.2) is 0 Å². The Bertz CT molecular complexity index is 523. The summed E-state index contributed by atoms with van der Waals surface area (Å²) in [6.07, 6.45) is 0.475. The molecule has 120 valence electrons. The highest BCUT2D eigenvalue weighted by Gasteiger charge is 2.41. The van der Waals surface area contributed by atoms with Crippen molar-refractivity contribution in [3.8, 4) is 0 Å². The second-order valence-electron chi connectivity index (χ2n) is 6.39. The normalized spacial score (nSPS) is 24.7. The molecule has 2 fully saturated rings. The number of benzene rings is 1. The molecule has 3 rings (SSSR count). The SMILES string of the molecule is COCCC(=O)N1C[C@@H]2CN(Cc3cccc(F)c3)C[C@H]2C1. The van der Waals surface area contributed by atoms with E-state index in [-0.39, 0.29) is 11.7 Å². The van der Waals surface area contributed by atoms with Crippen LogP contribution in [0.4, 0.5) is 4.39 Å². The van der Waals surface area contributed by atoms with Crippen LogP contribution in [0.15, 0.2) is 24.3 Å². The summed E-state index contributed by atoms with van der Waals surface area (Å²) < 4.78 is 18.2. The maximum Gasteiger partial charge on any atom is 0.224 e. The van der Waals surface area contributed by atoms with E-state index >= 15 is 0 Å². The zero-order valence-corrected chi connectivity index (χ0v) is 13.0. The monoisotopic (exact) mass is 306 g/mol. The van der Waals surface area contributed by atoms with Crippen LogP contribution < -0.4 is 0 Å². The van der Waals surface area contributed by atoms with Crippen molar-refractivity contribution in [3.05, 3.63) is 35.6 Å². The molecular weight excluding hydrogens is 283 g/mol. The first-order valence-electron chi connectivity index (χ1n) is 7.89. The van der Waals surface area contributed by atoms with Crippen molar-refractivity contribution in [2.45, 2.75) is 13.0 Å². The largest absolute Gasteiger partial charge is 0.384 e. The molecule has 4 nitrogen and oxygen atoms in total. The summed E-state index contributed by atoms with van der Waals surface area (Å²) >= 11 is 0. The predicted molar refractivity (Wildman–Crippen MR) is 81.7 cm³/mol. The third-order valence-electron chi connectivity index (χ3n) is 4.73. The van der Waals surface area contributed by atoms with Gasteiger partial charge in [0.2, 0.25) is 5.91 Å². The van der Waals surface area contributed by atoms with Gasteiger partial charge in [-0.25, -0.2) is 4.39 Å². The number of methoxy groups -OCH3 is 1. The molecule has 2 aliphatic heterocycles. The number of carbonyl (C=O) groups excluding carboxylic acids is 1. The molecule has 0 bridgehead atoms. The van der Waals surface area contributed by atoms with Gasteiger partial charge >= 0.3 is 0 Å². The number of rotatable bonds is 5. The van der Waals surface area contributed by atoms with Crippen molar-refractivity contribution >= 4 is 5.91 Å². The van der Waals surface area contributed by atoms with Gasteiger partial charge in [-0.2, -0.15) is 0 Å². The first-order chi connectivity index (χ1) is 10.7. The molecule has 0 radical (unpaired) electrons. The van der Waals surface area contributed by atoms with Gasteiger partial charge in [0.25, 0.3) is 0 Å². The number of nitrogens with zero attached hydrogens (tertiary/aromatic N) is 2. The van der Waals surface area contributed by atoms with E-state index in [0.717, 1.165) is 38.3 Å². The van der Waals surface area contributed by atoms with Crippen LogP contribution in [0.1, 0.15) is 12.0 Å². The summed E-state index contributed by atoms with van der Waals surface area (Å²) in [4.78, 5) is 16.4. The van der Waals surface area contributed by atoms with E-state index in [9.17, 15) is 9.18 Å². The predicted octanol–water partition coefficient (Wildman–Crippen LogP) is 1.75. The molecule has 1 aromatic carbocycles. The molecular formula is C17H23FN2O2. The summed E-state index contributed by atoms with van der Waals surface area (Å²) in [6, 6.07) is 6.82. The van der Waals surface area contributed by atoms with Crippen LogP contribution in [-0.4, -0.2) is 55.6 Å². The van der Waals surface area contributed by atoms with Crippen LogP contribution in [0.5, 0.6) is 0 Å². The average Bonchev–Trinajstić information content (AvgIpc) is 3.03.